The number of aryl methyl sites for hydroxylation is 2. The van der Waals surface area contributed by atoms with Gasteiger partial charge in [-0.2, -0.15) is 17.0 Å². The summed E-state index contributed by atoms with van der Waals surface area (Å²) in [7, 11) is 0. The van der Waals surface area contributed by atoms with E-state index in [9.17, 15) is 0 Å². The number of hydrogen-bond donors (Lipinski definition) is 1. The SMILES string of the molecule is CCSCC(C)Nc1nc(C)cc(C)c1C#N. The molecule has 3 nitrogen and oxygen atoms in total. The van der Waals surface area contributed by atoms with Gasteiger partial charge in [-0.1, -0.05) is 6.92 Å². The molecule has 0 amide bonds. The average molecular weight is 249 g/mol. The smallest absolute Gasteiger partial charge is 0.144 e. The molecule has 0 aliphatic rings. The number of rotatable bonds is 5. The Morgan fingerprint density at radius 3 is 2.82 bits per heavy atom. The van der Waals surface area contributed by atoms with E-state index >= 15 is 0 Å². The second kappa shape index (κ2) is 6.51. The molecule has 1 heterocycles. The molecule has 1 rings (SSSR count). The van der Waals surface area contributed by atoms with Gasteiger partial charge >= 0.3 is 0 Å². The zero-order valence-corrected chi connectivity index (χ0v) is 11.7. The number of aromatic nitrogens is 1. The third kappa shape index (κ3) is 3.94. The Hall–Kier alpha value is -1.21. The van der Waals surface area contributed by atoms with Crippen LogP contribution in [0.5, 0.6) is 0 Å². The van der Waals surface area contributed by atoms with Crippen molar-refractivity contribution in [3.05, 3.63) is 22.9 Å². The van der Waals surface area contributed by atoms with Gasteiger partial charge in [-0.15, -0.1) is 0 Å². The van der Waals surface area contributed by atoms with E-state index in [0.29, 0.717) is 17.4 Å². The highest BCUT2D eigenvalue weighted by Gasteiger charge is 2.10. The summed E-state index contributed by atoms with van der Waals surface area (Å²) in [5.41, 5.74) is 2.58. The maximum Gasteiger partial charge on any atom is 0.144 e. The van der Waals surface area contributed by atoms with E-state index in [2.05, 4.69) is 30.2 Å². The molecule has 17 heavy (non-hydrogen) atoms. The molecule has 0 fully saturated rings. The first-order valence-corrected chi connectivity index (χ1v) is 6.96. The van der Waals surface area contributed by atoms with Gasteiger partial charge in [0.1, 0.15) is 11.9 Å². The minimum Gasteiger partial charge on any atom is -0.366 e. The van der Waals surface area contributed by atoms with Crippen molar-refractivity contribution in [1.82, 2.24) is 4.98 Å². The molecule has 1 aromatic heterocycles. The van der Waals surface area contributed by atoms with Crippen LogP contribution >= 0.6 is 11.8 Å². The number of nitriles is 1. The van der Waals surface area contributed by atoms with Gasteiger partial charge < -0.3 is 5.32 Å². The Balaban J connectivity index is 2.86. The molecular formula is C13H19N3S. The molecule has 0 bridgehead atoms. The summed E-state index contributed by atoms with van der Waals surface area (Å²) in [5, 5.41) is 12.5. The van der Waals surface area contributed by atoms with Crippen LogP contribution in [0.3, 0.4) is 0 Å². The van der Waals surface area contributed by atoms with Gasteiger partial charge in [0.25, 0.3) is 0 Å². The summed E-state index contributed by atoms with van der Waals surface area (Å²) >= 11 is 1.88. The van der Waals surface area contributed by atoms with Crippen molar-refractivity contribution in [2.75, 3.05) is 16.8 Å². The monoisotopic (exact) mass is 249 g/mol. The van der Waals surface area contributed by atoms with Crippen molar-refractivity contribution in [3.63, 3.8) is 0 Å². The van der Waals surface area contributed by atoms with Crippen LogP contribution in [0.1, 0.15) is 30.7 Å². The Bertz CT molecular complexity index is 423. The van der Waals surface area contributed by atoms with Crippen LogP contribution in [0.25, 0.3) is 0 Å². The van der Waals surface area contributed by atoms with Crippen LogP contribution in [-0.2, 0) is 0 Å². The quantitative estimate of drug-likeness (QED) is 0.871. The number of nitrogens with zero attached hydrogens (tertiary/aromatic N) is 2. The van der Waals surface area contributed by atoms with E-state index < -0.39 is 0 Å². The lowest BCUT2D eigenvalue weighted by molar-refractivity contribution is 0.896. The van der Waals surface area contributed by atoms with E-state index in [4.69, 9.17) is 5.26 Å². The fourth-order valence-corrected chi connectivity index (χ4v) is 2.32. The highest BCUT2D eigenvalue weighted by molar-refractivity contribution is 7.99. The average Bonchev–Trinajstić information content (AvgIpc) is 2.25. The molecule has 0 spiro atoms. The molecule has 1 aromatic rings. The molecule has 0 aromatic carbocycles. The van der Waals surface area contributed by atoms with Gasteiger partial charge in [-0.25, -0.2) is 4.98 Å². The Morgan fingerprint density at radius 2 is 2.24 bits per heavy atom. The van der Waals surface area contributed by atoms with E-state index in [1.165, 1.54) is 0 Å². The van der Waals surface area contributed by atoms with Gasteiger partial charge in [0.2, 0.25) is 0 Å². The number of pyridine rings is 1. The van der Waals surface area contributed by atoms with Crippen molar-refractivity contribution in [2.45, 2.75) is 33.7 Å². The van der Waals surface area contributed by atoms with E-state index in [-0.39, 0.29) is 0 Å². The van der Waals surface area contributed by atoms with Crippen LogP contribution in [0, 0.1) is 25.2 Å². The molecular weight excluding hydrogens is 230 g/mol. The predicted molar refractivity (Wildman–Crippen MR) is 74.5 cm³/mol. The molecule has 0 saturated heterocycles. The zero-order valence-electron chi connectivity index (χ0n) is 10.9. The Kier molecular flexibility index (Phi) is 5.30. The fraction of sp³-hybridized carbons (Fsp3) is 0.538. The van der Waals surface area contributed by atoms with E-state index in [1.54, 1.807) is 0 Å². The highest BCUT2D eigenvalue weighted by Crippen LogP contribution is 2.19. The third-order valence-corrected chi connectivity index (χ3v) is 3.56. The minimum absolute atomic E-state index is 0.320. The van der Waals surface area contributed by atoms with Gasteiger partial charge in [0.15, 0.2) is 0 Å². The molecule has 1 unspecified atom stereocenters. The van der Waals surface area contributed by atoms with Crippen molar-refractivity contribution in [3.8, 4) is 6.07 Å². The van der Waals surface area contributed by atoms with Crippen LogP contribution in [0.2, 0.25) is 0 Å². The molecule has 1 N–H and O–H groups in total. The van der Waals surface area contributed by atoms with Crippen LogP contribution in [-0.4, -0.2) is 22.5 Å². The summed E-state index contributed by atoms with van der Waals surface area (Å²) in [6.45, 7) is 8.16. The maximum atomic E-state index is 9.14. The third-order valence-electron chi connectivity index (χ3n) is 2.41. The first kappa shape index (κ1) is 13.9. The first-order chi connectivity index (χ1) is 8.08. The van der Waals surface area contributed by atoms with Crippen LogP contribution in [0.4, 0.5) is 5.82 Å². The number of thioether (sulfide) groups is 1. The van der Waals surface area contributed by atoms with Crippen LogP contribution < -0.4 is 5.32 Å². The summed E-state index contributed by atoms with van der Waals surface area (Å²) in [5.74, 6) is 2.85. The molecule has 0 radical (unpaired) electrons. The molecule has 1 atom stereocenters. The zero-order chi connectivity index (χ0) is 12.8. The molecule has 4 heteroatoms. The second-order valence-electron chi connectivity index (χ2n) is 4.12. The lowest BCUT2D eigenvalue weighted by Crippen LogP contribution is -2.20. The summed E-state index contributed by atoms with van der Waals surface area (Å²) in [6, 6.07) is 4.48. The van der Waals surface area contributed by atoms with Crippen molar-refractivity contribution in [2.24, 2.45) is 0 Å². The Labute approximate surface area is 108 Å². The topological polar surface area (TPSA) is 48.7 Å². The fourth-order valence-electron chi connectivity index (χ4n) is 1.65. The van der Waals surface area contributed by atoms with Gasteiger partial charge in [0.05, 0.1) is 5.56 Å². The van der Waals surface area contributed by atoms with Gasteiger partial charge in [-0.3, -0.25) is 0 Å². The van der Waals surface area contributed by atoms with E-state index in [1.807, 2.05) is 31.7 Å². The summed E-state index contributed by atoms with van der Waals surface area (Å²) in [6.07, 6.45) is 0. The highest BCUT2D eigenvalue weighted by atomic mass is 32.2. The standard InChI is InChI=1S/C13H19N3S/c1-5-17-8-11(4)16-13-12(7-14)9(2)6-10(3)15-13/h6,11H,5,8H2,1-4H3,(H,15,16). The van der Waals surface area contributed by atoms with Crippen molar-refractivity contribution in [1.29, 1.82) is 5.26 Å². The minimum atomic E-state index is 0.320. The molecule has 0 aliphatic heterocycles. The summed E-state index contributed by atoms with van der Waals surface area (Å²) in [4.78, 5) is 4.41. The maximum absolute atomic E-state index is 9.14. The molecule has 0 aliphatic carbocycles. The van der Waals surface area contributed by atoms with Crippen LogP contribution in [0.15, 0.2) is 6.07 Å². The number of hydrogen-bond acceptors (Lipinski definition) is 4. The van der Waals surface area contributed by atoms with Crippen molar-refractivity contribution < 1.29 is 0 Å². The molecule has 0 saturated carbocycles. The second-order valence-corrected chi connectivity index (χ2v) is 5.44. The summed E-state index contributed by atoms with van der Waals surface area (Å²) < 4.78 is 0. The lowest BCUT2D eigenvalue weighted by Gasteiger charge is -2.16. The number of anilines is 1. The molecule has 92 valence electrons. The van der Waals surface area contributed by atoms with Gasteiger partial charge in [0, 0.05) is 17.5 Å². The first-order valence-electron chi connectivity index (χ1n) is 5.81. The van der Waals surface area contributed by atoms with Crippen molar-refractivity contribution >= 4 is 17.6 Å². The predicted octanol–water partition coefficient (Wildman–Crippen LogP) is 3.12. The Morgan fingerprint density at radius 1 is 1.53 bits per heavy atom. The lowest BCUT2D eigenvalue weighted by atomic mass is 10.1. The normalized spacial score (nSPS) is 11.9. The number of nitrogens with one attached hydrogen (secondary N) is 1. The van der Waals surface area contributed by atoms with Gasteiger partial charge in [-0.05, 0) is 38.2 Å². The van der Waals surface area contributed by atoms with E-state index in [0.717, 1.165) is 22.8 Å². The largest absolute Gasteiger partial charge is 0.366 e.